The van der Waals surface area contributed by atoms with Gasteiger partial charge >= 0.3 is 0 Å². The monoisotopic (exact) mass is 281 g/mol. The number of aromatic nitrogens is 1. The van der Waals surface area contributed by atoms with Crippen molar-refractivity contribution in [1.82, 2.24) is 10.3 Å². The molecule has 2 rings (SSSR count). The van der Waals surface area contributed by atoms with Crippen LogP contribution in [0, 0.1) is 5.41 Å². The normalized spacial score (nSPS) is 19.6. The first kappa shape index (κ1) is 14.4. The second kappa shape index (κ2) is 5.99. The highest BCUT2D eigenvalue weighted by atomic mass is 32.2. The molecular weight excluding hydrogens is 258 g/mol. The van der Waals surface area contributed by atoms with Gasteiger partial charge in [0.05, 0.1) is 19.3 Å². The molecule has 0 aromatic carbocycles. The summed E-state index contributed by atoms with van der Waals surface area (Å²) in [4.78, 5) is 8.78. The Bertz CT molecular complexity index is 448. The molecule has 0 saturated heterocycles. The second-order valence-corrected chi connectivity index (χ2v) is 7.37. The van der Waals surface area contributed by atoms with E-state index in [0.717, 1.165) is 29.8 Å². The maximum atomic E-state index is 5.56. The van der Waals surface area contributed by atoms with Gasteiger partial charge < -0.3 is 9.73 Å². The van der Waals surface area contributed by atoms with Crippen molar-refractivity contribution in [1.29, 1.82) is 0 Å². The number of oxazole rings is 1. The molecule has 0 radical (unpaired) electrons. The quantitative estimate of drug-likeness (QED) is 0.920. The summed E-state index contributed by atoms with van der Waals surface area (Å²) in [5.74, 6) is 1.67. The fourth-order valence-electron chi connectivity index (χ4n) is 2.05. The zero-order valence-corrected chi connectivity index (χ0v) is 13.0. The molecular formula is C14H23N3OS. The Morgan fingerprint density at radius 1 is 1.47 bits per heavy atom. The topological polar surface area (TPSA) is 50.4 Å². The van der Waals surface area contributed by atoms with Gasteiger partial charge in [0.25, 0.3) is 0 Å². The summed E-state index contributed by atoms with van der Waals surface area (Å²) >= 11 is 1.84. The van der Waals surface area contributed by atoms with Gasteiger partial charge in [-0.3, -0.25) is 4.99 Å². The van der Waals surface area contributed by atoms with Crippen LogP contribution in [0.5, 0.6) is 0 Å². The van der Waals surface area contributed by atoms with Gasteiger partial charge in [-0.25, -0.2) is 4.98 Å². The van der Waals surface area contributed by atoms with E-state index in [2.05, 4.69) is 43.0 Å². The number of aliphatic imine (C=N–C) groups is 1. The molecule has 0 bridgehead atoms. The highest BCUT2D eigenvalue weighted by Gasteiger charge is 2.24. The van der Waals surface area contributed by atoms with Crippen molar-refractivity contribution in [2.24, 2.45) is 10.4 Å². The molecule has 0 fully saturated rings. The Labute approximate surface area is 119 Å². The van der Waals surface area contributed by atoms with E-state index in [1.165, 1.54) is 6.42 Å². The molecule has 2 heterocycles. The number of nitrogens with zero attached hydrogens (tertiary/aromatic N) is 2. The molecule has 1 unspecified atom stereocenters. The Morgan fingerprint density at radius 3 is 2.89 bits per heavy atom. The van der Waals surface area contributed by atoms with Crippen LogP contribution in [0.1, 0.15) is 45.8 Å². The maximum Gasteiger partial charge on any atom is 0.213 e. The van der Waals surface area contributed by atoms with Crippen molar-refractivity contribution in [3.05, 3.63) is 17.8 Å². The fourth-order valence-corrected chi connectivity index (χ4v) is 3.40. The van der Waals surface area contributed by atoms with Crippen LogP contribution in [-0.2, 0) is 13.0 Å². The smallest absolute Gasteiger partial charge is 0.213 e. The zero-order valence-electron chi connectivity index (χ0n) is 12.2. The molecule has 1 atom stereocenters. The second-order valence-electron chi connectivity index (χ2n) is 6.08. The average molecular weight is 281 g/mol. The van der Waals surface area contributed by atoms with E-state index in [1.54, 1.807) is 6.20 Å². The summed E-state index contributed by atoms with van der Waals surface area (Å²) in [5.41, 5.74) is 0.362. The molecule has 5 heteroatoms. The molecule has 1 aliphatic heterocycles. The lowest BCUT2D eigenvalue weighted by Gasteiger charge is -2.21. The first-order chi connectivity index (χ1) is 8.96. The molecule has 1 aromatic heterocycles. The average Bonchev–Trinajstić information content (AvgIpc) is 2.93. The lowest BCUT2D eigenvalue weighted by molar-refractivity contribution is 0.375. The summed E-state index contributed by atoms with van der Waals surface area (Å²) in [6.45, 7) is 10.4. The summed E-state index contributed by atoms with van der Waals surface area (Å²) < 4.78 is 5.56. The lowest BCUT2D eigenvalue weighted by atomic mass is 9.90. The van der Waals surface area contributed by atoms with Crippen molar-refractivity contribution < 1.29 is 4.42 Å². The minimum Gasteiger partial charge on any atom is -0.444 e. The summed E-state index contributed by atoms with van der Waals surface area (Å²) in [6.07, 6.45) is 3.87. The summed E-state index contributed by atoms with van der Waals surface area (Å²) in [7, 11) is 0. The van der Waals surface area contributed by atoms with Crippen molar-refractivity contribution >= 4 is 16.9 Å². The predicted molar refractivity (Wildman–Crippen MR) is 80.5 cm³/mol. The van der Waals surface area contributed by atoms with Crippen molar-refractivity contribution in [3.8, 4) is 0 Å². The van der Waals surface area contributed by atoms with E-state index in [-0.39, 0.29) is 0 Å². The van der Waals surface area contributed by atoms with Gasteiger partial charge in [-0.15, -0.1) is 0 Å². The molecule has 19 heavy (non-hydrogen) atoms. The molecule has 1 N–H and O–H groups in total. The number of amidine groups is 1. The number of nitrogens with one attached hydrogen (secondary N) is 1. The van der Waals surface area contributed by atoms with E-state index < -0.39 is 0 Å². The van der Waals surface area contributed by atoms with Crippen LogP contribution in [0.25, 0.3) is 0 Å². The van der Waals surface area contributed by atoms with E-state index >= 15 is 0 Å². The zero-order chi connectivity index (χ0) is 13.9. The fraction of sp³-hybridized carbons (Fsp3) is 0.714. The van der Waals surface area contributed by atoms with Gasteiger partial charge in [-0.05, 0) is 11.8 Å². The van der Waals surface area contributed by atoms with Crippen LogP contribution in [0.3, 0.4) is 0 Å². The van der Waals surface area contributed by atoms with Crippen LogP contribution in [0.15, 0.2) is 15.6 Å². The molecule has 0 amide bonds. The number of aryl methyl sites for hydroxylation is 1. The Balaban J connectivity index is 1.76. The highest BCUT2D eigenvalue weighted by Crippen LogP contribution is 2.31. The lowest BCUT2D eigenvalue weighted by Crippen LogP contribution is -2.20. The van der Waals surface area contributed by atoms with Gasteiger partial charge in [0.1, 0.15) is 5.76 Å². The number of rotatable bonds is 4. The molecule has 1 aliphatic rings. The third-order valence-corrected chi connectivity index (χ3v) is 4.04. The number of hydrogen-bond donors (Lipinski definition) is 1. The molecule has 0 spiro atoms. The van der Waals surface area contributed by atoms with E-state index in [9.17, 15) is 0 Å². The first-order valence-corrected chi connectivity index (χ1v) is 7.73. The molecule has 0 saturated carbocycles. The third-order valence-electron chi connectivity index (χ3n) is 2.90. The summed E-state index contributed by atoms with van der Waals surface area (Å²) in [6, 6.07) is 0. The van der Waals surface area contributed by atoms with Gasteiger partial charge in [0.2, 0.25) is 5.89 Å². The first-order valence-electron chi connectivity index (χ1n) is 6.85. The van der Waals surface area contributed by atoms with E-state index in [4.69, 9.17) is 4.42 Å². The Morgan fingerprint density at radius 2 is 2.26 bits per heavy atom. The minimum atomic E-state index is 0.362. The largest absolute Gasteiger partial charge is 0.444 e. The highest BCUT2D eigenvalue weighted by molar-refractivity contribution is 8.14. The van der Waals surface area contributed by atoms with E-state index in [0.29, 0.717) is 17.2 Å². The Hall–Kier alpha value is -0.970. The molecule has 106 valence electrons. The SMILES string of the molecule is CCc1cnc(CNC2=NCC(CC(C)(C)C)S2)o1. The van der Waals surface area contributed by atoms with Crippen molar-refractivity contribution in [3.63, 3.8) is 0 Å². The van der Waals surface area contributed by atoms with Crippen LogP contribution >= 0.6 is 11.8 Å². The third kappa shape index (κ3) is 4.56. The maximum absolute atomic E-state index is 5.56. The van der Waals surface area contributed by atoms with Crippen LogP contribution in [-0.4, -0.2) is 21.9 Å². The minimum absolute atomic E-state index is 0.362. The van der Waals surface area contributed by atoms with Gasteiger partial charge in [-0.1, -0.05) is 39.5 Å². The number of thioether (sulfide) groups is 1. The molecule has 4 nitrogen and oxygen atoms in total. The van der Waals surface area contributed by atoms with Crippen LogP contribution in [0.2, 0.25) is 0 Å². The Kier molecular flexibility index (Phi) is 4.55. The van der Waals surface area contributed by atoms with Gasteiger partial charge in [-0.2, -0.15) is 0 Å². The van der Waals surface area contributed by atoms with E-state index in [1.807, 2.05) is 11.8 Å². The summed E-state index contributed by atoms with van der Waals surface area (Å²) in [5, 5.41) is 4.92. The van der Waals surface area contributed by atoms with Crippen LogP contribution < -0.4 is 5.32 Å². The number of hydrogen-bond acceptors (Lipinski definition) is 5. The van der Waals surface area contributed by atoms with Gasteiger partial charge in [0, 0.05) is 11.7 Å². The molecule has 0 aliphatic carbocycles. The molecule has 1 aromatic rings. The van der Waals surface area contributed by atoms with Gasteiger partial charge in [0.15, 0.2) is 5.17 Å². The predicted octanol–water partition coefficient (Wildman–Crippen LogP) is 3.23. The van der Waals surface area contributed by atoms with Crippen LogP contribution in [0.4, 0.5) is 0 Å². The standard InChI is InChI=1S/C14H23N3OS/c1-5-10-7-15-12(18-10)9-17-13-16-8-11(19-13)6-14(2,3)4/h7,11H,5-6,8-9H2,1-4H3,(H,16,17). The van der Waals surface area contributed by atoms with Crippen molar-refractivity contribution in [2.75, 3.05) is 6.54 Å². The van der Waals surface area contributed by atoms with Crippen molar-refractivity contribution in [2.45, 2.75) is 52.3 Å².